The summed E-state index contributed by atoms with van der Waals surface area (Å²) in [5, 5.41) is 9.27. The van der Waals surface area contributed by atoms with Crippen LogP contribution in [0.2, 0.25) is 0 Å². The number of carbonyl (C=O) groups is 1. The molecule has 0 aromatic heterocycles. The SMILES string of the molecule is CC(c1ccccc1OC(F)F)N1CCC(C)(C(=O)O)C1. The van der Waals surface area contributed by atoms with Crippen LogP contribution >= 0.6 is 0 Å². The van der Waals surface area contributed by atoms with E-state index in [0.717, 1.165) is 0 Å². The second-order valence-electron chi connectivity index (χ2n) is 5.68. The van der Waals surface area contributed by atoms with Crippen LogP contribution in [-0.2, 0) is 4.79 Å². The number of para-hydroxylation sites is 1. The van der Waals surface area contributed by atoms with E-state index in [1.807, 2.05) is 11.8 Å². The molecule has 1 heterocycles. The van der Waals surface area contributed by atoms with Crippen molar-refractivity contribution in [3.05, 3.63) is 29.8 Å². The second kappa shape index (κ2) is 5.97. The average molecular weight is 299 g/mol. The summed E-state index contributed by atoms with van der Waals surface area (Å²) >= 11 is 0. The van der Waals surface area contributed by atoms with Gasteiger partial charge in [-0.25, -0.2) is 0 Å². The number of benzene rings is 1. The van der Waals surface area contributed by atoms with Gasteiger partial charge in [-0.15, -0.1) is 0 Å². The van der Waals surface area contributed by atoms with Crippen LogP contribution in [0.4, 0.5) is 8.78 Å². The molecule has 0 aliphatic carbocycles. The molecule has 0 bridgehead atoms. The largest absolute Gasteiger partial charge is 0.481 e. The van der Waals surface area contributed by atoms with Gasteiger partial charge in [0.2, 0.25) is 0 Å². The van der Waals surface area contributed by atoms with Crippen molar-refractivity contribution in [1.29, 1.82) is 0 Å². The number of aliphatic carboxylic acids is 1. The minimum absolute atomic E-state index is 0.143. The third-order valence-corrected chi connectivity index (χ3v) is 4.15. The van der Waals surface area contributed by atoms with Crippen molar-refractivity contribution in [1.82, 2.24) is 4.90 Å². The highest BCUT2D eigenvalue weighted by molar-refractivity contribution is 5.74. The van der Waals surface area contributed by atoms with E-state index in [9.17, 15) is 18.7 Å². The highest BCUT2D eigenvalue weighted by Gasteiger charge is 2.42. The van der Waals surface area contributed by atoms with Gasteiger partial charge in [-0.05, 0) is 32.9 Å². The van der Waals surface area contributed by atoms with E-state index in [4.69, 9.17) is 0 Å². The molecule has 2 unspecified atom stereocenters. The summed E-state index contributed by atoms with van der Waals surface area (Å²) in [6.07, 6.45) is 0.546. The molecule has 1 aromatic rings. The molecule has 2 atom stereocenters. The molecule has 1 aromatic carbocycles. The minimum Gasteiger partial charge on any atom is -0.481 e. The van der Waals surface area contributed by atoms with Crippen LogP contribution in [-0.4, -0.2) is 35.7 Å². The Bertz CT molecular complexity index is 523. The lowest BCUT2D eigenvalue weighted by atomic mass is 9.90. The third-order valence-electron chi connectivity index (χ3n) is 4.15. The number of alkyl halides is 2. The van der Waals surface area contributed by atoms with Gasteiger partial charge in [0, 0.05) is 18.2 Å². The van der Waals surface area contributed by atoms with Gasteiger partial charge in [-0.3, -0.25) is 9.69 Å². The van der Waals surface area contributed by atoms with Crippen LogP contribution in [0.5, 0.6) is 5.75 Å². The van der Waals surface area contributed by atoms with Gasteiger partial charge in [0.15, 0.2) is 0 Å². The van der Waals surface area contributed by atoms with E-state index in [1.54, 1.807) is 25.1 Å². The smallest absolute Gasteiger partial charge is 0.387 e. The number of hydrogen-bond acceptors (Lipinski definition) is 3. The molecule has 6 heteroatoms. The van der Waals surface area contributed by atoms with Crippen molar-refractivity contribution in [2.45, 2.75) is 32.9 Å². The van der Waals surface area contributed by atoms with Gasteiger partial charge < -0.3 is 9.84 Å². The molecule has 2 rings (SSSR count). The highest BCUT2D eigenvalue weighted by Crippen LogP contribution is 2.38. The maximum absolute atomic E-state index is 12.5. The first-order valence-electron chi connectivity index (χ1n) is 6.85. The molecule has 0 spiro atoms. The average Bonchev–Trinajstić information content (AvgIpc) is 2.82. The first-order valence-corrected chi connectivity index (χ1v) is 6.85. The first-order chi connectivity index (χ1) is 9.83. The van der Waals surface area contributed by atoms with E-state index in [-0.39, 0.29) is 11.8 Å². The van der Waals surface area contributed by atoms with Crippen LogP contribution < -0.4 is 4.74 Å². The zero-order valence-corrected chi connectivity index (χ0v) is 12.1. The maximum Gasteiger partial charge on any atom is 0.387 e. The first kappa shape index (κ1) is 15.7. The number of nitrogens with zero attached hydrogens (tertiary/aromatic N) is 1. The highest BCUT2D eigenvalue weighted by atomic mass is 19.3. The normalized spacial score (nSPS) is 24.2. The molecule has 21 heavy (non-hydrogen) atoms. The molecule has 116 valence electrons. The molecule has 1 aliphatic heterocycles. The molecule has 4 nitrogen and oxygen atoms in total. The summed E-state index contributed by atoms with van der Waals surface area (Å²) in [4.78, 5) is 13.3. The van der Waals surface area contributed by atoms with Crippen molar-refractivity contribution in [2.75, 3.05) is 13.1 Å². The molecule has 0 saturated carbocycles. The van der Waals surface area contributed by atoms with Crippen molar-refractivity contribution >= 4 is 5.97 Å². The number of ether oxygens (including phenoxy) is 1. The van der Waals surface area contributed by atoms with Gasteiger partial charge in [0.1, 0.15) is 5.75 Å². The van der Waals surface area contributed by atoms with Gasteiger partial charge in [-0.2, -0.15) is 8.78 Å². The lowest BCUT2D eigenvalue weighted by Crippen LogP contribution is -2.33. The number of carboxylic acid groups (broad SMARTS) is 1. The monoisotopic (exact) mass is 299 g/mol. The number of rotatable bonds is 5. The fraction of sp³-hybridized carbons (Fsp3) is 0.533. The van der Waals surface area contributed by atoms with E-state index in [0.29, 0.717) is 25.1 Å². The van der Waals surface area contributed by atoms with Gasteiger partial charge in [0.25, 0.3) is 0 Å². The van der Waals surface area contributed by atoms with Crippen LogP contribution in [0.3, 0.4) is 0 Å². The zero-order chi connectivity index (χ0) is 15.6. The molecule has 1 fully saturated rings. The Morgan fingerprint density at radius 3 is 2.67 bits per heavy atom. The summed E-state index contributed by atoms with van der Waals surface area (Å²) in [6, 6.07) is 6.46. The Morgan fingerprint density at radius 1 is 1.43 bits per heavy atom. The van der Waals surface area contributed by atoms with Crippen molar-refractivity contribution in [3.8, 4) is 5.75 Å². The van der Waals surface area contributed by atoms with Crippen LogP contribution in [0, 0.1) is 5.41 Å². The van der Waals surface area contributed by atoms with Gasteiger partial charge in [0.05, 0.1) is 5.41 Å². The van der Waals surface area contributed by atoms with Gasteiger partial charge >= 0.3 is 12.6 Å². The standard InChI is InChI=1S/C15H19F2NO3/c1-10(18-8-7-15(2,9-18)13(19)20)11-5-3-4-6-12(11)21-14(16)17/h3-6,10,14H,7-9H2,1-2H3,(H,19,20). The molecular formula is C15H19F2NO3. The number of halogens is 2. The Labute approximate surface area is 122 Å². The number of carboxylic acids is 1. The fourth-order valence-electron chi connectivity index (χ4n) is 2.73. The Balaban J connectivity index is 2.18. The Morgan fingerprint density at radius 2 is 2.10 bits per heavy atom. The number of likely N-dealkylation sites (tertiary alicyclic amines) is 1. The molecule has 0 amide bonds. The molecule has 0 radical (unpaired) electrons. The fourth-order valence-corrected chi connectivity index (χ4v) is 2.73. The molecule has 1 aliphatic rings. The van der Waals surface area contributed by atoms with E-state index >= 15 is 0 Å². The zero-order valence-electron chi connectivity index (χ0n) is 12.1. The summed E-state index contributed by atoms with van der Waals surface area (Å²) in [5.41, 5.74) is -0.139. The quantitative estimate of drug-likeness (QED) is 0.907. The molecular weight excluding hydrogens is 280 g/mol. The second-order valence-corrected chi connectivity index (χ2v) is 5.68. The summed E-state index contributed by atoms with van der Waals surface area (Å²) in [5.74, 6) is -0.682. The predicted molar refractivity (Wildman–Crippen MR) is 73.4 cm³/mol. The Hall–Kier alpha value is -1.69. The topological polar surface area (TPSA) is 49.8 Å². The van der Waals surface area contributed by atoms with Gasteiger partial charge in [-0.1, -0.05) is 18.2 Å². The van der Waals surface area contributed by atoms with E-state index < -0.39 is 18.0 Å². The van der Waals surface area contributed by atoms with E-state index in [2.05, 4.69) is 4.74 Å². The van der Waals surface area contributed by atoms with Crippen molar-refractivity contribution < 1.29 is 23.4 Å². The van der Waals surface area contributed by atoms with Crippen LogP contribution in [0.15, 0.2) is 24.3 Å². The lowest BCUT2D eigenvalue weighted by Gasteiger charge is -2.27. The van der Waals surface area contributed by atoms with Crippen LogP contribution in [0.1, 0.15) is 31.9 Å². The third kappa shape index (κ3) is 3.32. The lowest BCUT2D eigenvalue weighted by molar-refractivity contribution is -0.147. The number of hydrogen-bond donors (Lipinski definition) is 1. The van der Waals surface area contributed by atoms with Crippen LogP contribution in [0.25, 0.3) is 0 Å². The Kier molecular flexibility index (Phi) is 4.46. The molecule has 1 N–H and O–H groups in total. The minimum atomic E-state index is -2.87. The summed E-state index contributed by atoms with van der Waals surface area (Å²) < 4.78 is 29.5. The van der Waals surface area contributed by atoms with Crippen molar-refractivity contribution in [3.63, 3.8) is 0 Å². The van der Waals surface area contributed by atoms with Crippen molar-refractivity contribution in [2.24, 2.45) is 5.41 Å². The predicted octanol–water partition coefficient (Wildman–Crippen LogP) is 3.15. The summed E-state index contributed by atoms with van der Waals surface area (Å²) in [6.45, 7) is 1.73. The molecule has 1 saturated heterocycles. The summed E-state index contributed by atoms with van der Waals surface area (Å²) in [7, 11) is 0. The maximum atomic E-state index is 12.5. The van der Waals surface area contributed by atoms with E-state index in [1.165, 1.54) is 6.07 Å².